The largest absolute Gasteiger partial charge is 0.496 e. The van der Waals surface area contributed by atoms with Gasteiger partial charge >= 0.3 is 0 Å². The first-order valence-electron chi connectivity index (χ1n) is 6.15. The second-order valence-corrected chi connectivity index (χ2v) is 4.16. The minimum atomic E-state index is -0.323. The van der Waals surface area contributed by atoms with E-state index in [1.807, 2.05) is 42.5 Å². The monoisotopic (exact) mass is 266 g/mol. The highest BCUT2D eigenvalue weighted by Gasteiger charge is 2.08. The number of ether oxygens (including phenoxy) is 1. The van der Waals surface area contributed by atoms with Gasteiger partial charge in [-0.1, -0.05) is 30.3 Å². The Morgan fingerprint density at radius 3 is 2.65 bits per heavy atom. The van der Waals surface area contributed by atoms with Gasteiger partial charge in [-0.05, 0) is 23.8 Å². The van der Waals surface area contributed by atoms with Gasteiger partial charge < -0.3 is 10.1 Å². The number of carbonyl (C=O) groups is 1. The molecule has 2 aromatic carbocycles. The molecule has 2 aromatic rings. The molecular weight excluding hydrogens is 252 g/mol. The number of rotatable bonds is 4. The third-order valence-electron chi connectivity index (χ3n) is 2.81. The summed E-state index contributed by atoms with van der Waals surface area (Å²) in [6, 6.07) is 17.0. The van der Waals surface area contributed by atoms with Gasteiger partial charge in [0.25, 0.3) is 0 Å². The Morgan fingerprint density at radius 2 is 2.00 bits per heavy atom. The lowest BCUT2D eigenvalue weighted by atomic mass is 10.0. The molecule has 0 radical (unpaired) electrons. The zero-order valence-electron chi connectivity index (χ0n) is 11.1. The first kappa shape index (κ1) is 13.6. The Kier molecular flexibility index (Phi) is 4.35. The highest BCUT2D eigenvalue weighted by Crippen LogP contribution is 2.32. The fourth-order valence-electron chi connectivity index (χ4n) is 1.91. The molecule has 0 aromatic heterocycles. The van der Waals surface area contributed by atoms with Crippen molar-refractivity contribution in [2.75, 3.05) is 12.4 Å². The Hall–Kier alpha value is -2.80. The van der Waals surface area contributed by atoms with Crippen LogP contribution in [0, 0.1) is 11.3 Å². The number of anilines is 1. The van der Waals surface area contributed by atoms with Crippen LogP contribution in [0.2, 0.25) is 0 Å². The predicted octanol–water partition coefficient (Wildman–Crippen LogP) is 3.21. The first-order valence-corrected chi connectivity index (χ1v) is 6.15. The second kappa shape index (κ2) is 6.39. The normalized spacial score (nSPS) is 9.60. The average Bonchev–Trinajstić information content (AvgIpc) is 2.48. The van der Waals surface area contributed by atoms with E-state index in [2.05, 4.69) is 5.32 Å². The quantitative estimate of drug-likeness (QED) is 0.924. The summed E-state index contributed by atoms with van der Waals surface area (Å²) < 4.78 is 5.34. The Morgan fingerprint density at radius 1 is 1.25 bits per heavy atom. The molecule has 4 nitrogen and oxygen atoms in total. The molecule has 20 heavy (non-hydrogen) atoms. The van der Waals surface area contributed by atoms with Crippen LogP contribution < -0.4 is 10.1 Å². The van der Waals surface area contributed by atoms with Crippen LogP contribution in [0.3, 0.4) is 0 Å². The van der Waals surface area contributed by atoms with E-state index >= 15 is 0 Å². The van der Waals surface area contributed by atoms with Crippen LogP contribution in [0.5, 0.6) is 5.75 Å². The lowest BCUT2D eigenvalue weighted by Gasteiger charge is -2.11. The van der Waals surface area contributed by atoms with Crippen molar-refractivity contribution in [3.8, 4) is 22.9 Å². The molecule has 0 aliphatic heterocycles. The molecule has 0 aliphatic carbocycles. The van der Waals surface area contributed by atoms with E-state index < -0.39 is 0 Å². The van der Waals surface area contributed by atoms with Crippen molar-refractivity contribution >= 4 is 11.6 Å². The van der Waals surface area contributed by atoms with E-state index in [1.54, 1.807) is 19.2 Å². The van der Waals surface area contributed by atoms with E-state index in [9.17, 15) is 4.79 Å². The van der Waals surface area contributed by atoms with Crippen molar-refractivity contribution < 1.29 is 9.53 Å². The third-order valence-corrected chi connectivity index (χ3v) is 2.81. The lowest BCUT2D eigenvalue weighted by Crippen LogP contribution is -2.10. The van der Waals surface area contributed by atoms with E-state index in [0.29, 0.717) is 5.69 Å². The summed E-state index contributed by atoms with van der Waals surface area (Å²) in [4.78, 5) is 11.4. The minimum Gasteiger partial charge on any atom is -0.496 e. The van der Waals surface area contributed by atoms with Gasteiger partial charge in [-0.2, -0.15) is 5.26 Å². The maximum Gasteiger partial charge on any atom is 0.238 e. The maximum absolute atomic E-state index is 11.4. The zero-order valence-corrected chi connectivity index (χ0v) is 11.1. The predicted molar refractivity (Wildman–Crippen MR) is 77.3 cm³/mol. The Bertz CT molecular complexity index is 645. The number of methoxy groups -OCH3 is 1. The Labute approximate surface area is 117 Å². The van der Waals surface area contributed by atoms with Gasteiger partial charge in [0, 0.05) is 11.3 Å². The van der Waals surface area contributed by atoms with Gasteiger partial charge in [0.15, 0.2) is 0 Å². The van der Waals surface area contributed by atoms with Crippen molar-refractivity contribution in [3.63, 3.8) is 0 Å². The summed E-state index contributed by atoms with van der Waals surface area (Å²) in [6.07, 6.45) is -0.160. The highest BCUT2D eigenvalue weighted by atomic mass is 16.5. The number of hydrogen-bond acceptors (Lipinski definition) is 3. The maximum atomic E-state index is 11.4. The van der Waals surface area contributed by atoms with Crippen molar-refractivity contribution in [2.24, 2.45) is 0 Å². The molecule has 2 rings (SSSR count). The molecule has 0 bridgehead atoms. The number of carbonyl (C=O) groups excluding carboxylic acids is 1. The standard InChI is InChI=1S/C16H14N2O2/c1-20-15-8-7-13(18-16(19)9-10-17)11-14(15)12-5-3-2-4-6-12/h2-8,11H,9H2,1H3,(H,18,19). The van der Waals surface area contributed by atoms with Gasteiger partial charge in [-0.25, -0.2) is 0 Å². The molecule has 4 heteroatoms. The van der Waals surface area contributed by atoms with Crippen LogP contribution in [-0.2, 0) is 4.79 Å². The van der Waals surface area contributed by atoms with Crippen LogP contribution >= 0.6 is 0 Å². The number of benzene rings is 2. The second-order valence-electron chi connectivity index (χ2n) is 4.16. The lowest BCUT2D eigenvalue weighted by molar-refractivity contribution is -0.115. The van der Waals surface area contributed by atoms with Crippen LogP contribution in [-0.4, -0.2) is 13.0 Å². The van der Waals surface area contributed by atoms with E-state index in [1.165, 1.54) is 0 Å². The first-order chi connectivity index (χ1) is 9.74. The molecule has 0 saturated carbocycles. The molecule has 0 atom stereocenters. The molecule has 0 saturated heterocycles. The molecule has 1 amide bonds. The van der Waals surface area contributed by atoms with Crippen molar-refractivity contribution in [2.45, 2.75) is 6.42 Å². The highest BCUT2D eigenvalue weighted by molar-refractivity contribution is 5.93. The average molecular weight is 266 g/mol. The van der Waals surface area contributed by atoms with Gasteiger partial charge in [0.1, 0.15) is 12.2 Å². The van der Waals surface area contributed by atoms with Crippen molar-refractivity contribution in [1.82, 2.24) is 0 Å². The fourth-order valence-corrected chi connectivity index (χ4v) is 1.91. The van der Waals surface area contributed by atoms with Crippen LogP contribution in [0.25, 0.3) is 11.1 Å². The number of nitriles is 1. The summed E-state index contributed by atoms with van der Waals surface area (Å²) in [5.41, 5.74) is 2.54. The van der Waals surface area contributed by atoms with Gasteiger partial charge in [0.2, 0.25) is 5.91 Å². The van der Waals surface area contributed by atoms with E-state index in [-0.39, 0.29) is 12.3 Å². The van der Waals surface area contributed by atoms with Crippen LogP contribution in [0.15, 0.2) is 48.5 Å². The smallest absolute Gasteiger partial charge is 0.238 e. The molecular formula is C16H14N2O2. The van der Waals surface area contributed by atoms with Gasteiger partial charge in [-0.15, -0.1) is 0 Å². The number of nitrogens with one attached hydrogen (secondary N) is 1. The summed E-state index contributed by atoms with van der Waals surface area (Å²) >= 11 is 0. The third kappa shape index (κ3) is 3.15. The number of nitrogens with zero attached hydrogens (tertiary/aromatic N) is 1. The molecule has 0 aliphatic rings. The summed E-state index contributed by atoms with van der Waals surface area (Å²) in [7, 11) is 1.61. The van der Waals surface area contributed by atoms with Crippen molar-refractivity contribution in [3.05, 3.63) is 48.5 Å². The molecule has 0 spiro atoms. The SMILES string of the molecule is COc1ccc(NC(=O)CC#N)cc1-c1ccccc1. The fraction of sp³-hybridized carbons (Fsp3) is 0.125. The zero-order chi connectivity index (χ0) is 14.4. The number of amides is 1. The van der Waals surface area contributed by atoms with Gasteiger partial charge in [0.05, 0.1) is 13.2 Å². The molecule has 1 N–H and O–H groups in total. The summed E-state index contributed by atoms with van der Waals surface area (Å²) in [5.74, 6) is 0.408. The molecule has 0 fully saturated rings. The van der Waals surface area contributed by atoms with Crippen LogP contribution in [0.1, 0.15) is 6.42 Å². The molecule has 0 heterocycles. The summed E-state index contributed by atoms with van der Waals surface area (Å²) in [5, 5.41) is 11.2. The van der Waals surface area contributed by atoms with E-state index in [4.69, 9.17) is 10.00 Å². The summed E-state index contributed by atoms with van der Waals surface area (Å²) in [6.45, 7) is 0. The van der Waals surface area contributed by atoms with Crippen LogP contribution in [0.4, 0.5) is 5.69 Å². The van der Waals surface area contributed by atoms with E-state index in [0.717, 1.165) is 16.9 Å². The molecule has 0 unspecified atom stereocenters. The Balaban J connectivity index is 2.35. The van der Waals surface area contributed by atoms with Crippen molar-refractivity contribution in [1.29, 1.82) is 5.26 Å². The molecule has 100 valence electrons. The number of hydrogen-bond donors (Lipinski definition) is 1. The minimum absolute atomic E-state index is 0.160. The topological polar surface area (TPSA) is 62.1 Å². The van der Waals surface area contributed by atoms with Gasteiger partial charge in [-0.3, -0.25) is 4.79 Å².